The lowest BCUT2D eigenvalue weighted by Gasteiger charge is -1.97. The highest BCUT2D eigenvalue weighted by Gasteiger charge is 2.20. The van der Waals surface area contributed by atoms with Gasteiger partial charge in [0.25, 0.3) is 0 Å². The first kappa shape index (κ1) is 19.0. The van der Waals surface area contributed by atoms with Crippen LogP contribution in [0.5, 0.6) is 0 Å². The maximum absolute atomic E-state index is 9.75. The summed E-state index contributed by atoms with van der Waals surface area (Å²) in [5.41, 5.74) is 6.73. The number of nitrogens with zero attached hydrogens (tertiary/aromatic N) is 1. The number of aromatic nitrogens is 2. The minimum Gasteiger partial charge on any atom is -0.418 e. The number of rotatable bonds is 8. The lowest BCUT2D eigenvalue weighted by molar-refractivity contribution is 0.368. The number of nitrogens with one attached hydrogen (secondary N) is 1. The Kier molecular flexibility index (Phi) is 10.1. The van der Waals surface area contributed by atoms with Gasteiger partial charge in [-0.2, -0.15) is 0 Å². The number of hydrogen-bond acceptors (Lipinski definition) is 2. The van der Waals surface area contributed by atoms with Gasteiger partial charge in [-0.15, -0.1) is 0 Å². The summed E-state index contributed by atoms with van der Waals surface area (Å²) >= 11 is 0. The predicted molar refractivity (Wildman–Crippen MR) is 74.0 cm³/mol. The van der Waals surface area contributed by atoms with Crippen molar-refractivity contribution in [3.63, 3.8) is 0 Å². The van der Waals surface area contributed by atoms with E-state index in [0.29, 0.717) is 0 Å². The number of nitrogens with two attached hydrogens (primary N) is 1. The molecular weight excluding hydrogens is 273 g/mol. The SMILES string of the molecule is CCCCCCc1cnc(CCCN)[nH]1.F[B-](F)(F)F. The van der Waals surface area contributed by atoms with E-state index < -0.39 is 7.25 Å². The molecule has 0 amide bonds. The van der Waals surface area contributed by atoms with E-state index in [1.54, 1.807) is 0 Å². The molecule has 0 atom stereocenters. The molecule has 0 radical (unpaired) electrons. The Balaban J connectivity index is 0.000000621. The number of imidazole rings is 1. The van der Waals surface area contributed by atoms with E-state index in [9.17, 15) is 17.3 Å². The zero-order valence-electron chi connectivity index (χ0n) is 11.8. The third-order valence-electron chi connectivity index (χ3n) is 2.60. The molecule has 118 valence electrons. The molecule has 1 heterocycles. The molecule has 1 rings (SSSR count). The van der Waals surface area contributed by atoms with Crippen molar-refractivity contribution in [3.05, 3.63) is 17.7 Å². The molecule has 0 saturated heterocycles. The summed E-state index contributed by atoms with van der Waals surface area (Å²) < 4.78 is 39.0. The smallest absolute Gasteiger partial charge is 0.418 e. The Morgan fingerprint density at radius 3 is 2.30 bits per heavy atom. The van der Waals surface area contributed by atoms with Crippen molar-refractivity contribution in [2.24, 2.45) is 5.73 Å². The maximum atomic E-state index is 9.75. The van der Waals surface area contributed by atoms with Gasteiger partial charge < -0.3 is 28.0 Å². The van der Waals surface area contributed by atoms with E-state index in [-0.39, 0.29) is 0 Å². The minimum atomic E-state index is -6.00. The molecule has 20 heavy (non-hydrogen) atoms. The predicted octanol–water partition coefficient (Wildman–Crippen LogP) is 3.72. The van der Waals surface area contributed by atoms with Crippen LogP contribution in [-0.2, 0) is 12.8 Å². The van der Waals surface area contributed by atoms with Gasteiger partial charge in [-0.05, 0) is 25.8 Å². The van der Waals surface area contributed by atoms with E-state index in [4.69, 9.17) is 5.73 Å². The van der Waals surface area contributed by atoms with Crippen LogP contribution >= 0.6 is 0 Å². The first-order valence-electron chi connectivity index (χ1n) is 6.97. The number of aryl methyl sites for hydroxylation is 2. The molecule has 0 fully saturated rings. The van der Waals surface area contributed by atoms with E-state index in [1.165, 1.54) is 31.4 Å². The van der Waals surface area contributed by atoms with E-state index in [2.05, 4.69) is 16.9 Å². The van der Waals surface area contributed by atoms with Gasteiger partial charge >= 0.3 is 7.25 Å². The largest absolute Gasteiger partial charge is 0.673 e. The van der Waals surface area contributed by atoms with Gasteiger partial charge in [-0.3, -0.25) is 0 Å². The Hall–Kier alpha value is -1.05. The number of H-pyrrole nitrogens is 1. The van der Waals surface area contributed by atoms with Crippen molar-refractivity contribution in [3.8, 4) is 0 Å². The van der Waals surface area contributed by atoms with Crippen LogP contribution in [0.15, 0.2) is 6.20 Å². The molecule has 0 aliphatic carbocycles. The van der Waals surface area contributed by atoms with Crippen LogP contribution in [0.1, 0.15) is 50.5 Å². The van der Waals surface area contributed by atoms with Gasteiger partial charge in [-0.25, -0.2) is 4.98 Å². The number of hydrogen-bond donors (Lipinski definition) is 2. The number of aromatic amines is 1. The second-order valence-electron chi connectivity index (χ2n) is 4.55. The Bertz CT molecular complexity index is 336. The molecule has 1 aromatic heterocycles. The van der Waals surface area contributed by atoms with Crippen molar-refractivity contribution in [2.45, 2.75) is 51.9 Å². The first-order valence-corrected chi connectivity index (χ1v) is 6.97. The molecule has 0 aliphatic heterocycles. The van der Waals surface area contributed by atoms with Crippen molar-refractivity contribution in [2.75, 3.05) is 6.54 Å². The van der Waals surface area contributed by atoms with Crippen LogP contribution in [0.2, 0.25) is 0 Å². The van der Waals surface area contributed by atoms with Gasteiger partial charge in [-0.1, -0.05) is 26.2 Å². The molecule has 0 aromatic carbocycles. The maximum Gasteiger partial charge on any atom is 0.673 e. The lowest BCUT2D eigenvalue weighted by atomic mass is 10.1. The zero-order valence-corrected chi connectivity index (χ0v) is 11.8. The van der Waals surface area contributed by atoms with Gasteiger partial charge in [0.2, 0.25) is 0 Å². The van der Waals surface area contributed by atoms with Gasteiger partial charge in [0.05, 0.1) is 0 Å². The second-order valence-corrected chi connectivity index (χ2v) is 4.55. The van der Waals surface area contributed by atoms with E-state index >= 15 is 0 Å². The quantitative estimate of drug-likeness (QED) is 0.436. The molecule has 3 N–H and O–H groups in total. The Morgan fingerprint density at radius 1 is 1.10 bits per heavy atom. The average Bonchev–Trinajstić information content (AvgIpc) is 2.78. The molecule has 0 unspecified atom stereocenters. The van der Waals surface area contributed by atoms with Gasteiger partial charge in [0.15, 0.2) is 0 Å². The summed E-state index contributed by atoms with van der Waals surface area (Å²) in [7, 11) is -6.00. The highest BCUT2D eigenvalue weighted by atomic mass is 19.5. The lowest BCUT2D eigenvalue weighted by Crippen LogP contribution is -2.02. The molecule has 3 nitrogen and oxygen atoms in total. The molecule has 0 aliphatic rings. The van der Waals surface area contributed by atoms with Crippen molar-refractivity contribution < 1.29 is 17.3 Å². The fraction of sp³-hybridized carbons (Fsp3) is 0.750. The van der Waals surface area contributed by atoms with Crippen molar-refractivity contribution >= 4 is 7.25 Å². The Morgan fingerprint density at radius 2 is 1.75 bits per heavy atom. The summed E-state index contributed by atoms with van der Waals surface area (Å²) in [4.78, 5) is 7.70. The third kappa shape index (κ3) is 13.4. The summed E-state index contributed by atoms with van der Waals surface area (Å²) in [5.74, 6) is 1.09. The number of unbranched alkanes of at least 4 members (excludes halogenated alkanes) is 3. The van der Waals surface area contributed by atoms with Crippen molar-refractivity contribution in [1.29, 1.82) is 0 Å². The topological polar surface area (TPSA) is 54.7 Å². The summed E-state index contributed by atoms with van der Waals surface area (Å²) in [5, 5.41) is 0. The molecule has 8 heteroatoms. The normalized spacial score (nSPS) is 11.1. The van der Waals surface area contributed by atoms with Crippen LogP contribution < -0.4 is 5.73 Å². The zero-order chi connectivity index (χ0) is 15.4. The van der Waals surface area contributed by atoms with E-state index in [1.807, 2.05) is 6.20 Å². The summed E-state index contributed by atoms with van der Waals surface area (Å²) in [6, 6.07) is 0. The van der Waals surface area contributed by atoms with Crippen LogP contribution in [-0.4, -0.2) is 23.8 Å². The Labute approximate surface area is 117 Å². The summed E-state index contributed by atoms with van der Waals surface area (Å²) in [6.45, 7) is 2.98. The molecule has 0 saturated carbocycles. The van der Waals surface area contributed by atoms with Crippen LogP contribution in [0.25, 0.3) is 0 Å². The fourth-order valence-electron chi connectivity index (χ4n) is 1.67. The second kappa shape index (κ2) is 10.7. The molecule has 1 aromatic rings. The molecule has 0 bridgehead atoms. The van der Waals surface area contributed by atoms with Crippen LogP contribution in [0, 0.1) is 0 Å². The highest BCUT2D eigenvalue weighted by Crippen LogP contribution is 2.07. The highest BCUT2D eigenvalue weighted by molar-refractivity contribution is 6.50. The number of halogens is 4. The fourth-order valence-corrected chi connectivity index (χ4v) is 1.67. The van der Waals surface area contributed by atoms with Crippen LogP contribution in [0.4, 0.5) is 17.3 Å². The molecule has 0 spiro atoms. The first-order chi connectivity index (χ1) is 9.36. The minimum absolute atomic E-state index is 0.743. The van der Waals surface area contributed by atoms with E-state index in [0.717, 1.165) is 31.6 Å². The molecular formula is C12H23BF4N3-. The van der Waals surface area contributed by atoms with Gasteiger partial charge in [0.1, 0.15) is 5.82 Å². The third-order valence-corrected chi connectivity index (χ3v) is 2.60. The summed E-state index contributed by atoms with van der Waals surface area (Å²) in [6.07, 6.45) is 10.3. The van der Waals surface area contributed by atoms with Crippen LogP contribution in [0.3, 0.4) is 0 Å². The van der Waals surface area contributed by atoms with Crippen molar-refractivity contribution in [1.82, 2.24) is 9.97 Å². The van der Waals surface area contributed by atoms with Gasteiger partial charge in [0, 0.05) is 18.3 Å². The monoisotopic (exact) mass is 296 g/mol. The standard InChI is InChI=1S/C12H23N3.BF4/c1-2-3-4-5-7-11-10-14-12(15-11)8-6-9-13;2-1(3,4)5/h10H,2-9,13H2,1H3,(H,14,15);/q;-1. The average molecular weight is 296 g/mol.